The highest BCUT2D eigenvalue weighted by atomic mass is 35.5. The number of rotatable bonds is 7. The number of carbonyl (C=O) groups is 1. The Morgan fingerprint density at radius 3 is 2.48 bits per heavy atom. The highest BCUT2D eigenvalue weighted by molar-refractivity contribution is 6.35. The molecule has 33 heavy (non-hydrogen) atoms. The van der Waals surface area contributed by atoms with Gasteiger partial charge in [0.1, 0.15) is 5.02 Å². The molecule has 1 amide bonds. The van der Waals surface area contributed by atoms with Crippen molar-refractivity contribution in [2.45, 2.75) is 44.4 Å². The fraction of sp³-hybridized carbons (Fsp3) is 0.350. The van der Waals surface area contributed by atoms with E-state index in [-0.39, 0.29) is 29.7 Å². The van der Waals surface area contributed by atoms with Gasteiger partial charge in [-0.15, -0.1) is 0 Å². The van der Waals surface area contributed by atoms with E-state index in [4.69, 9.17) is 46.4 Å². The fourth-order valence-electron chi connectivity index (χ4n) is 3.34. The minimum atomic E-state index is -4.67. The first-order valence-corrected chi connectivity index (χ1v) is 11.3. The smallest absolute Gasteiger partial charge is 0.308 e. The second kappa shape index (κ2) is 9.37. The molecular formula is C20H16Cl4F3N5O. The van der Waals surface area contributed by atoms with Gasteiger partial charge >= 0.3 is 6.18 Å². The molecule has 176 valence electrons. The Balaban J connectivity index is 1.42. The number of hydrogen-bond acceptors (Lipinski definition) is 3. The molecule has 0 radical (unpaired) electrons. The molecule has 3 aromatic rings. The summed E-state index contributed by atoms with van der Waals surface area (Å²) < 4.78 is 42.2. The minimum Gasteiger partial charge on any atom is -0.308 e. The number of nitrogens with one attached hydrogen (secondary N) is 1. The lowest BCUT2D eigenvalue weighted by atomic mass is 10.2. The van der Waals surface area contributed by atoms with Gasteiger partial charge in [0.05, 0.1) is 23.8 Å². The molecule has 0 aliphatic heterocycles. The Kier molecular flexibility index (Phi) is 6.87. The Morgan fingerprint density at radius 2 is 1.85 bits per heavy atom. The van der Waals surface area contributed by atoms with Crippen LogP contribution in [0, 0.1) is 0 Å². The predicted molar refractivity (Wildman–Crippen MR) is 120 cm³/mol. The number of halogens is 7. The number of amides is 1. The molecule has 1 saturated carbocycles. The third kappa shape index (κ3) is 5.59. The van der Waals surface area contributed by atoms with Crippen molar-refractivity contribution in [1.82, 2.24) is 19.6 Å². The summed E-state index contributed by atoms with van der Waals surface area (Å²) in [5.41, 5.74) is -0.0604. The molecule has 0 saturated heterocycles. The summed E-state index contributed by atoms with van der Waals surface area (Å²) in [5, 5.41) is 11.2. The van der Waals surface area contributed by atoms with E-state index >= 15 is 0 Å². The number of aromatic nitrogens is 4. The van der Waals surface area contributed by atoms with E-state index in [0.717, 1.165) is 18.4 Å². The number of nitrogens with zero attached hydrogens (tertiary/aromatic N) is 4. The summed E-state index contributed by atoms with van der Waals surface area (Å²) in [7, 11) is 0. The summed E-state index contributed by atoms with van der Waals surface area (Å²) in [6, 6.07) is 5.05. The van der Waals surface area contributed by atoms with Gasteiger partial charge in [0.15, 0.2) is 11.5 Å². The zero-order valence-corrected chi connectivity index (χ0v) is 19.8. The number of carbonyl (C=O) groups excluding carboxylic acids is 1. The van der Waals surface area contributed by atoms with Gasteiger partial charge in [-0.25, -0.2) is 0 Å². The van der Waals surface area contributed by atoms with Crippen LogP contribution < -0.4 is 5.32 Å². The molecule has 0 atom stereocenters. The van der Waals surface area contributed by atoms with Crippen LogP contribution in [0.3, 0.4) is 0 Å². The minimum absolute atomic E-state index is 0.0633. The first kappa shape index (κ1) is 24.2. The quantitative estimate of drug-likeness (QED) is 0.364. The zero-order valence-electron chi connectivity index (χ0n) is 16.8. The van der Waals surface area contributed by atoms with E-state index in [1.165, 1.54) is 15.6 Å². The molecule has 0 unspecified atom stereocenters. The summed E-state index contributed by atoms with van der Waals surface area (Å²) >= 11 is 24.2. The Bertz CT molecular complexity index is 1200. The highest BCUT2D eigenvalue weighted by Gasteiger charge is 2.42. The van der Waals surface area contributed by atoms with Crippen LogP contribution in [-0.4, -0.2) is 25.5 Å². The van der Waals surface area contributed by atoms with Crippen LogP contribution in [0.15, 0.2) is 24.4 Å². The monoisotopic (exact) mass is 539 g/mol. The van der Waals surface area contributed by atoms with Gasteiger partial charge in [-0.2, -0.15) is 23.4 Å². The van der Waals surface area contributed by atoms with Gasteiger partial charge in [0, 0.05) is 28.6 Å². The summed E-state index contributed by atoms with van der Waals surface area (Å²) in [6.07, 6.45) is -1.81. The van der Waals surface area contributed by atoms with Crippen molar-refractivity contribution in [2.24, 2.45) is 0 Å². The highest BCUT2D eigenvalue weighted by Crippen LogP contribution is 2.46. The molecule has 1 fully saturated rings. The number of hydrogen-bond donors (Lipinski definition) is 1. The van der Waals surface area contributed by atoms with Gasteiger partial charge in [-0.3, -0.25) is 14.2 Å². The number of anilines is 1. The van der Waals surface area contributed by atoms with Gasteiger partial charge in [0.2, 0.25) is 5.91 Å². The summed E-state index contributed by atoms with van der Waals surface area (Å²) in [6.45, 7) is 0.231. The van der Waals surface area contributed by atoms with E-state index in [2.05, 4.69) is 15.5 Å². The molecule has 1 N–H and O–H groups in total. The number of alkyl halides is 3. The molecule has 2 heterocycles. The largest absolute Gasteiger partial charge is 0.436 e. The average molecular weight is 541 g/mol. The normalized spacial score (nSPS) is 14.0. The Labute approximate surface area is 206 Å². The lowest BCUT2D eigenvalue weighted by molar-refractivity contribution is -0.141. The van der Waals surface area contributed by atoms with Gasteiger partial charge in [-0.05, 0) is 30.5 Å². The molecule has 1 aliphatic carbocycles. The van der Waals surface area contributed by atoms with Crippen LogP contribution in [0.5, 0.6) is 0 Å². The van der Waals surface area contributed by atoms with Crippen LogP contribution in [-0.2, 0) is 24.1 Å². The molecule has 0 bridgehead atoms. The maximum Gasteiger partial charge on any atom is 0.436 e. The van der Waals surface area contributed by atoms with Crippen molar-refractivity contribution in [3.05, 3.63) is 61.4 Å². The molecule has 1 aliphatic rings. The lowest BCUT2D eigenvalue weighted by Gasteiger charge is -2.07. The van der Waals surface area contributed by atoms with Crippen molar-refractivity contribution in [3.8, 4) is 0 Å². The lowest BCUT2D eigenvalue weighted by Crippen LogP contribution is -2.17. The summed E-state index contributed by atoms with van der Waals surface area (Å²) in [5.74, 6) is -0.425. The fourth-order valence-corrected chi connectivity index (χ4v) is 4.40. The predicted octanol–water partition coefficient (Wildman–Crippen LogP) is 6.67. The van der Waals surface area contributed by atoms with E-state index in [1.54, 1.807) is 18.2 Å². The Morgan fingerprint density at radius 1 is 1.12 bits per heavy atom. The average Bonchev–Trinajstić information content (AvgIpc) is 3.41. The third-order valence-electron chi connectivity index (χ3n) is 5.04. The van der Waals surface area contributed by atoms with Crippen molar-refractivity contribution >= 4 is 58.1 Å². The molecule has 4 rings (SSSR count). The van der Waals surface area contributed by atoms with Crippen molar-refractivity contribution in [3.63, 3.8) is 0 Å². The molecule has 13 heteroatoms. The van der Waals surface area contributed by atoms with E-state index < -0.39 is 22.8 Å². The van der Waals surface area contributed by atoms with E-state index in [0.29, 0.717) is 22.3 Å². The molecular weight excluding hydrogens is 525 g/mol. The molecule has 1 aromatic carbocycles. The second-order valence-electron chi connectivity index (χ2n) is 7.60. The first-order chi connectivity index (χ1) is 15.5. The topological polar surface area (TPSA) is 64.7 Å². The number of aryl methyl sites for hydroxylation is 1. The van der Waals surface area contributed by atoms with E-state index in [9.17, 15) is 18.0 Å². The zero-order chi connectivity index (χ0) is 23.9. The van der Waals surface area contributed by atoms with Crippen LogP contribution >= 0.6 is 46.4 Å². The van der Waals surface area contributed by atoms with Gasteiger partial charge in [-0.1, -0.05) is 52.5 Å². The summed E-state index contributed by atoms with van der Waals surface area (Å²) in [4.78, 5) is 12.4. The Hall–Kier alpha value is -1.94. The SMILES string of the molecule is O=C(CCn1nc(C(F)(F)F)c(Cl)c1C1CC1)Nc1nn(Cc2ccc(Cl)cc2Cl)cc1Cl. The van der Waals surface area contributed by atoms with Crippen LogP contribution in [0.4, 0.5) is 19.0 Å². The van der Waals surface area contributed by atoms with Gasteiger partial charge in [0.25, 0.3) is 0 Å². The molecule has 6 nitrogen and oxygen atoms in total. The maximum absolute atomic E-state index is 13.2. The van der Waals surface area contributed by atoms with Crippen LogP contribution in [0.1, 0.15) is 42.1 Å². The third-order valence-corrected chi connectivity index (χ3v) is 6.27. The first-order valence-electron chi connectivity index (χ1n) is 9.83. The van der Waals surface area contributed by atoms with Crippen molar-refractivity contribution < 1.29 is 18.0 Å². The molecule has 2 aromatic heterocycles. The second-order valence-corrected chi connectivity index (χ2v) is 9.23. The van der Waals surface area contributed by atoms with Gasteiger partial charge < -0.3 is 5.32 Å². The van der Waals surface area contributed by atoms with Crippen LogP contribution in [0.25, 0.3) is 0 Å². The standard InChI is InChI=1S/C20H16Cl4F3N5O/c21-12-4-3-11(13(22)7-12)8-31-9-14(23)19(30-31)28-15(33)5-6-32-17(10-1-2-10)16(24)18(29-32)20(25,26)27/h3-4,7,9-10H,1-2,5-6,8H2,(H,28,30,33). The van der Waals surface area contributed by atoms with E-state index in [1.807, 2.05) is 0 Å². The van der Waals surface area contributed by atoms with Crippen molar-refractivity contribution in [2.75, 3.05) is 5.32 Å². The van der Waals surface area contributed by atoms with Crippen LogP contribution in [0.2, 0.25) is 20.1 Å². The maximum atomic E-state index is 13.2. The van der Waals surface area contributed by atoms with Crippen molar-refractivity contribution in [1.29, 1.82) is 0 Å². The molecule has 0 spiro atoms. The number of benzene rings is 1.